The number of amides is 1. The monoisotopic (exact) mass is 314 g/mol. The van der Waals surface area contributed by atoms with Gasteiger partial charge in [0.15, 0.2) is 0 Å². The standard InChI is InChI=1S/C17H19FN4O/c18-13-3-1-2-10(7-13)9-15-19-17(22-21-15)20-16(23)14-8-11-4-5-12(14)6-11/h1-3,7,11-12,14H,4-6,8-9H2,(H2,19,20,21,22,23). The van der Waals surface area contributed by atoms with Crippen molar-refractivity contribution >= 4 is 11.9 Å². The molecule has 1 aromatic heterocycles. The van der Waals surface area contributed by atoms with E-state index in [1.54, 1.807) is 6.07 Å². The van der Waals surface area contributed by atoms with Gasteiger partial charge in [-0.15, -0.1) is 5.10 Å². The molecule has 4 rings (SSSR count). The van der Waals surface area contributed by atoms with Crippen LogP contribution in [0.3, 0.4) is 0 Å². The molecule has 2 aliphatic rings. The molecule has 2 aromatic rings. The molecule has 2 saturated carbocycles. The average molecular weight is 314 g/mol. The lowest BCUT2D eigenvalue weighted by atomic mass is 9.88. The van der Waals surface area contributed by atoms with Gasteiger partial charge in [0, 0.05) is 12.3 Å². The van der Waals surface area contributed by atoms with Gasteiger partial charge >= 0.3 is 0 Å². The second-order valence-corrected chi connectivity index (χ2v) is 6.68. The fourth-order valence-electron chi connectivity index (χ4n) is 4.04. The third kappa shape index (κ3) is 2.98. The zero-order valence-corrected chi connectivity index (χ0v) is 12.8. The van der Waals surface area contributed by atoms with Gasteiger partial charge in [0.1, 0.15) is 11.6 Å². The Kier molecular flexibility index (Phi) is 3.59. The molecule has 3 atom stereocenters. The van der Waals surface area contributed by atoms with Crippen LogP contribution in [0.4, 0.5) is 10.3 Å². The highest BCUT2D eigenvalue weighted by atomic mass is 19.1. The molecule has 2 fully saturated rings. The topological polar surface area (TPSA) is 70.7 Å². The Hall–Kier alpha value is -2.24. The van der Waals surface area contributed by atoms with Crippen LogP contribution in [0.2, 0.25) is 0 Å². The fraction of sp³-hybridized carbons (Fsp3) is 0.471. The zero-order valence-electron chi connectivity index (χ0n) is 12.8. The normalized spacial score (nSPS) is 25.7. The molecule has 2 bridgehead atoms. The minimum absolute atomic E-state index is 0.0357. The first kappa shape index (κ1) is 14.4. The summed E-state index contributed by atoms with van der Waals surface area (Å²) < 4.78 is 13.2. The highest BCUT2D eigenvalue weighted by molar-refractivity contribution is 5.91. The van der Waals surface area contributed by atoms with Crippen LogP contribution in [0, 0.1) is 23.6 Å². The number of fused-ring (bicyclic) bond motifs is 2. The number of halogens is 1. The summed E-state index contributed by atoms with van der Waals surface area (Å²) in [6.07, 6.45) is 5.08. The Labute approximate surface area is 133 Å². The third-order valence-electron chi connectivity index (χ3n) is 5.10. The molecule has 23 heavy (non-hydrogen) atoms. The van der Waals surface area contributed by atoms with Crippen molar-refractivity contribution in [3.8, 4) is 0 Å². The number of carbonyl (C=O) groups is 1. The SMILES string of the molecule is O=C(Nc1n[nH]c(Cc2cccc(F)c2)n1)C1CC2CCC1C2. The van der Waals surface area contributed by atoms with Gasteiger partial charge in [0.2, 0.25) is 11.9 Å². The Balaban J connectivity index is 1.39. The Morgan fingerprint density at radius 2 is 2.26 bits per heavy atom. The zero-order chi connectivity index (χ0) is 15.8. The van der Waals surface area contributed by atoms with E-state index in [9.17, 15) is 9.18 Å². The molecule has 2 aliphatic carbocycles. The van der Waals surface area contributed by atoms with E-state index in [4.69, 9.17) is 0 Å². The maximum Gasteiger partial charge on any atom is 0.248 e. The lowest BCUT2D eigenvalue weighted by Gasteiger charge is -2.19. The first-order chi connectivity index (χ1) is 11.2. The van der Waals surface area contributed by atoms with E-state index >= 15 is 0 Å². The molecular weight excluding hydrogens is 295 g/mol. The average Bonchev–Trinajstić information content (AvgIpc) is 3.24. The van der Waals surface area contributed by atoms with Crippen molar-refractivity contribution < 1.29 is 9.18 Å². The maximum atomic E-state index is 13.2. The summed E-state index contributed by atoms with van der Waals surface area (Å²) in [7, 11) is 0. The number of hydrogen-bond donors (Lipinski definition) is 2. The Bertz CT molecular complexity index is 729. The van der Waals surface area contributed by atoms with Gasteiger partial charge in [0.05, 0.1) is 0 Å². The van der Waals surface area contributed by atoms with Gasteiger partial charge in [-0.05, 0) is 48.8 Å². The number of aromatic amines is 1. The van der Waals surface area contributed by atoms with Gasteiger partial charge < -0.3 is 0 Å². The Morgan fingerprint density at radius 1 is 1.35 bits per heavy atom. The van der Waals surface area contributed by atoms with E-state index in [2.05, 4.69) is 20.5 Å². The van der Waals surface area contributed by atoms with Gasteiger partial charge in [0.25, 0.3) is 0 Å². The van der Waals surface area contributed by atoms with Gasteiger partial charge in [-0.1, -0.05) is 18.6 Å². The van der Waals surface area contributed by atoms with E-state index in [0.717, 1.165) is 17.9 Å². The summed E-state index contributed by atoms with van der Waals surface area (Å²) in [5, 5.41) is 9.67. The van der Waals surface area contributed by atoms with E-state index in [1.807, 2.05) is 6.07 Å². The van der Waals surface area contributed by atoms with Gasteiger partial charge in [-0.3, -0.25) is 15.2 Å². The van der Waals surface area contributed by atoms with Crippen LogP contribution >= 0.6 is 0 Å². The van der Waals surface area contributed by atoms with E-state index in [0.29, 0.717) is 24.1 Å². The highest BCUT2D eigenvalue weighted by Gasteiger charge is 2.43. The summed E-state index contributed by atoms with van der Waals surface area (Å²) >= 11 is 0. The lowest BCUT2D eigenvalue weighted by molar-refractivity contribution is -0.121. The minimum Gasteiger partial charge on any atom is -0.293 e. The quantitative estimate of drug-likeness (QED) is 0.911. The number of rotatable bonds is 4. The van der Waals surface area contributed by atoms with Crippen molar-refractivity contribution in [1.82, 2.24) is 15.2 Å². The molecule has 0 saturated heterocycles. The van der Waals surface area contributed by atoms with E-state index < -0.39 is 0 Å². The molecule has 5 nitrogen and oxygen atoms in total. The first-order valence-electron chi connectivity index (χ1n) is 8.14. The minimum atomic E-state index is -0.271. The third-order valence-corrected chi connectivity index (χ3v) is 5.10. The molecule has 1 amide bonds. The smallest absolute Gasteiger partial charge is 0.248 e. The van der Waals surface area contributed by atoms with Crippen LogP contribution < -0.4 is 5.32 Å². The van der Waals surface area contributed by atoms with Crippen LogP contribution in [0.25, 0.3) is 0 Å². The number of aromatic nitrogens is 3. The summed E-state index contributed by atoms with van der Waals surface area (Å²) in [5.74, 6) is 2.06. The fourth-order valence-corrected chi connectivity index (χ4v) is 4.04. The van der Waals surface area contributed by atoms with Crippen molar-refractivity contribution in [3.05, 3.63) is 41.5 Å². The number of hydrogen-bond acceptors (Lipinski definition) is 3. The largest absolute Gasteiger partial charge is 0.293 e. The van der Waals surface area contributed by atoms with Crippen molar-refractivity contribution in [2.45, 2.75) is 32.1 Å². The number of nitrogens with one attached hydrogen (secondary N) is 2. The number of anilines is 1. The van der Waals surface area contributed by atoms with Gasteiger partial charge in [-0.2, -0.15) is 4.98 Å². The molecule has 1 heterocycles. The second-order valence-electron chi connectivity index (χ2n) is 6.68. The van der Waals surface area contributed by atoms with Crippen molar-refractivity contribution in [1.29, 1.82) is 0 Å². The van der Waals surface area contributed by atoms with E-state index in [1.165, 1.54) is 31.4 Å². The van der Waals surface area contributed by atoms with E-state index in [-0.39, 0.29) is 17.6 Å². The van der Waals surface area contributed by atoms with Crippen LogP contribution in [0.15, 0.2) is 24.3 Å². The molecule has 2 N–H and O–H groups in total. The summed E-state index contributed by atoms with van der Waals surface area (Å²) in [5.41, 5.74) is 0.812. The summed E-state index contributed by atoms with van der Waals surface area (Å²) in [6, 6.07) is 6.37. The predicted molar refractivity (Wildman–Crippen MR) is 83.2 cm³/mol. The molecule has 1 aromatic carbocycles. The molecule has 6 heteroatoms. The van der Waals surface area contributed by atoms with Crippen LogP contribution in [0.5, 0.6) is 0 Å². The van der Waals surface area contributed by atoms with Crippen molar-refractivity contribution in [2.24, 2.45) is 17.8 Å². The maximum absolute atomic E-state index is 13.2. The molecule has 120 valence electrons. The number of nitrogens with zero attached hydrogens (tertiary/aromatic N) is 2. The van der Waals surface area contributed by atoms with Crippen molar-refractivity contribution in [2.75, 3.05) is 5.32 Å². The number of carbonyl (C=O) groups excluding carboxylic acids is 1. The van der Waals surface area contributed by atoms with Gasteiger partial charge in [-0.25, -0.2) is 4.39 Å². The van der Waals surface area contributed by atoms with Crippen LogP contribution in [-0.4, -0.2) is 21.1 Å². The molecule has 3 unspecified atom stereocenters. The molecular formula is C17H19FN4O. The van der Waals surface area contributed by atoms with Crippen molar-refractivity contribution in [3.63, 3.8) is 0 Å². The molecule has 0 radical (unpaired) electrons. The lowest BCUT2D eigenvalue weighted by Crippen LogP contribution is -2.27. The Morgan fingerprint density at radius 3 is 3.00 bits per heavy atom. The van der Waals surface area contributed by atoms with Crippen LogP contribution in [0.1, 0.15) is 37.1 Å². The summed E-state index contributed by atoms with van der Waals surface area (Å²) in [6.45, 7) is 0. The summed E-state index contributed by atoms with van der Waals surface area (Å²) in [4.78, 5) is 16.6. The predicted octanol–water partition coefficient (Wildman–Crippen LogP) is 2.91. The number of H-pyrrole nitrogens is 1. The molecule has 0 spiro atoms. The molecule has 0 aliphatic heterocycles. The number of benzene rings is 1. The first-order valence-corrected chi connectivity index (χ1v) is 8.14. The second kappa shape index (κ2) is 5.76. The highest BCUT2D eigenvalue weighted by Crippen LogP contribution is 2.48. The van der Waals surface area contributed by atoms with Crippen LogP contribution in [-0.2, 0) is 11.2 Å².